The van der Waals surface area contributed by atoms with Gasteiger partial charge in [-0.3, -0.25) is 4.79 Å². The second-order valence-corrected chi connectivity index (χ2v) is 2.72. The van der Waals surface area contributed by atoms with Crippen LogP contribution in [-0.2, 0) is 4.79 Å². The molecule has 0 spiro atoms. The fourth-order valence-electron chi connectivity index (χ4n) is 0.926. The zero-order chi connectivity index (χ0) is 10.6. The minimum absolute atomic E-state index is 0.0150. The Morgan fingerprint density at radius 3 is 2.43 bits per heavy atom. The van der Waals surface area contributed by atoms with E-state index in [1.807, 2.05) is 0 Å². The summed E-state index contributed by atoms with van der Waals surface area (Å²) in [7, 11) is 0. The summed E-state index contributed by atoms with van der Waals surface area (Å²) in [6.45, 7) is 0. The lowest BCUT2D eigenvalue weighted by atomic mass is 10.1. The van der Waals surface area contributed by atoms with Crippen LogP contribution in [0.2, 0.25) is 0 Å². The van der Waals surface area contributed by atoms with E-state index in [-0.39, 0.29) is 5.82 Å². The summed E-state index contributed by atoms with van der Waals surface area (Å²) in [6.07, 6.45) is -0.500. The molecule has 3 N–H and O–H groups in total. The maximum atomic E-state index is 10.2. The van der Waals surface area contributed by atoms with Crippen molar-refractivity contribution >= 4 is 5.97 Å². The van der Waals surface area contributed by atoms with Crippen LogP contribution in [0, 0.1) is 0 Å². The van der Waals surface area contributed by atoms with Crippen LogP contribution in [0.4, 0.5) is 0 Å². The van der Waals surface area contributed by atoms with Gasteiger partial charge in [-0.2, -0.15) is 0 Å². The van der Waals surface area contributed by atoms with Crippen molar-refractivity contribution in [1.82, 2.24) is 9.97 Å². The molecule has 0 saturated heterocycles. The highest BCUT2D eigenvalue weighted by Crippen LogP contribution is 2.13. The maximum Gasteiger partial charge on any atom is 0.306 e. The molecule has 6 heteroatoms. The molecule has 0 aliphatic heterocycles. The van der Waals surface area contributed by atoms with Gasteiger partial charge in [0.05, 0.1) is 12.5 Å². The first-order valence-electron chi connectivity index (χ1n) is 3.96. The van der Waals surface area contributed by atoms with Crippen molar-refractivity contribution in [3.63, 3.8) is 0 Å². The highest BCUT2D eigenvalue weighted by Gasteiger charge is 2.22. The van der Waals surface area contributed by atoms with Crippen molar-refractivity contribution in [3.05, 3.63) is 24.3 Å². The van der Waals surface area contributed by atoms with Crippen molar-refractivity contribution < 1.29 is 20.1 Å². The average Bonchev–Trinajstić information content (AvgIpc) is 2.17. The number of carboxylic acids is 1. The van der Waals surface area contributed by atoms with E-state index in [1.165, 1.54) is 12.4 Å². The van der Waals surface area contributed by atoms with Crippen LogP contribution in [0.15, 0.2) is 18.5 Å². The third kappa shape index (κ3) is 2.75. The number of aromatic nitrogens is 2. The number of nitrogens with zero attached hydrogens (tertiary/aromatic N) is 2. The Morgan fingerprint density at radius 2 is 1.93 bits per heavy atom. The summed E-state index contributed by atoms with van der Waals surface area (Å²) in [5, 5.41) is 27.0. The normalized spacial score (nSPS) is 14.7. The standard InChI is InChI=1S/C8H10N2O4/c11-5(4-6(12)13)7(14)8-9-2-1-3-10-8/h1-3,5,7,11,14H,4H2,(H,12,13). The Bertz CT molecular complexity index is 303. The van der Waals surface area contributed by atoms with E-state index in [2.05, 4.69) is 9.97 Å². The molecule has 1 heterocycles. The first kappa shape index (κ1) is 10.6. The van der Waals surface area contributed by atoms with Gasteiger partial charge in [0.2, 0.25) is 0 Å². The van der Waals surface area contributed by atoms with Crippen molar-refractivity contribution in [2.24, 2.45) is 0 Å². The van der Waals surface area contributed by atoms with Gasteiger partial charge in [-0.15, -0.1) is 0 Å². The van der Waals surface area contributed by atoms with Crippen molar-refractivity contribution in [3.8, 4) is 0 Å². The lowest BCUT2D eigenvalue weighted by Gasteiger charge is -2.13. The third-order valence-corrected chi connectivity index (χ3v) is 1.60. The average molecular weight is 198 g/mol. The fourth-order valence-corrected chi connectivity index (χ4v) is 0.926. The molecule has 0 bridgehead atoms. The topological polar surface area (TPSA) is 104 Å². The number of aliphatic hydroxyl groups excluding tert-OH is 2. The molecule has 0 aliphatic rings. The lowest BCUT2D eigenvalue weighted by Crippen LogP contribution is -2.23. The Labute approximate surface area is 79.9 Å². The van der Waals surface area contributed by atoms with Crippen LogP contribution < -0.4 is 0 Å². The Morgan fingerprint density at radius 1 is 1.36 bits per heavy atom. The summed E-state index contributed by atoms with van der Waals surface area (Å²) in [5.74, 6) is -1.17. The Balaban J connectivity index is 2.65. The number of hydrogen-bond acceptors (Lipinski definition) is 5. The van der Waals surface area contributed by atoms with E-state index < -0.39 is 24.6 Å². The molecule has 0 amide bonds. The summed E-state index contributed by atoms with van der Waals surface area (Å²) >= 11 is 0. The maximum absolute atomic E-state index is 10.2. The summed E-state index contributed by atoms with van der Waals surface area (Å²) in [5.41, 5.74) is 0. The molecule has 1 aromatic heterocycles. The van der Waals surface area contributed by atoms with E-state index in [4.69, 9.17) is 5.11 Å². The second kappa shape index (κ2) is 4.64. The van der Waals surface area contributed by atoms with E-state index in [1.54, 1.807) is 6.07 Å². The molecule has 14 heavy (non-hydrogen) atoms. The van der Waals surface area contributed by atoms with E-state index >= 15 is 0 Å². The van der Waals surface area contributed by atoms with Crippen molar-refractivity contribution in [2.75, 3.05) is 0 Å². The molecule has 2 atom stereocenters. The van der Waals surface area contributed by atoms with Crippen LogP contribution >= 0.6 is 0 Å². The monoisotopic (exact) mass is 198 g/mol. The zero-order valence-electron chi connectivity index (χ0n) is 7.24. The van der Waals surface area contributed by atoms with E-state index in [0.29, 0.717) is 0 Å². The fraction of sp³-hybridized carbons (Fsp3) is 0.375. The van der Waals surface area contributed by atoms with Crippen LogP contribution in [0.1, 0.15) is 18.3 Å². The van der Waals surface area contributed by atoms with Gasteiger partial charge in [0.1, 0.15) is 6.10 Å². The molecule has 2 unspecified atom stereocenters. The van der Waals surface area contributed by atoms with Gasteiger partial charge in [0.25, 0.3) is 0 Å². The second-order valence-electron chi connectivity index (χ2n) is 2.72. The predicted octanol–water partition coefficient (Wildman–Crippen LogP) is -0.654. The van der Waals surface area contributed by atoms with Gasteiger partial charge in [0, 0.05) is 12.4 Å². The van der Waals surface area contributed by atoms with Gasteiger partial charge < -0.3 is 15.3 Å². The molecular formula is C8H10N2O4. The van der Waals surface area contributed by atoms with Gasteiger partial charge in [-0.25, -0.2) is 9.97 Å². The summed E-state index contributed by atoms with van der Waals surface area (Å²) in [4.78, 5) is 17.6. The molecule has 0 saturated carbocycles. The lowest BCUT2D eigenvalue weighted by molar-refractivity contribution is -0.141. The molecular weight excluding hydrogens is 188 g/mol. The van der Waals surface area contributed by atoms with Crippen molar-refractivity contribution in [1.29, 1.82) is 0 Å². The number of rotatable bonds is 4. The zero-order valence-corrected chi connectivity index (χ0v) is 7.24. The quantitative estimate of drug-likeness (QED) is 0.593. The number of aliphatic hydroxyl groups is 2. The molecule has 0 fully saturated rings. The molecule has 0 radical (unpaired) electrons. The van der Waals surface area contributed by atoms with E-state index in [9.17, 15) is 15.0 Å². The van der Waals surface area contributed by atoms with Crippen LogP contribution in [0.5, 0.6) is 0 Å². The van der Waals surface area contributed by atoms with Gasteiger partial charge >= 0.3 is 5.97 Å². The Hall–Kier alpha value is -1.53. The number of aliphatic carboxylic acids is 1. The SMILES string of the molecule is O=C(O)CC(O)C(O)c1ncccn1. The minimum Gasteiger partial charge on any atom is -0.481 e. The number of hydrogen-bond donors (Lipinski definition) is 3. The Kier molecular flexibility index (Phi) is 3.49. The van der Waals surface area contributed by atoms with Gasteiger partial charge in [-0.05, 0) is 6.07 Å². The van der Waals surface area contributed by atoms with Gasteiger partial charge in [0.15, 0.2) is 5.82 Å². The summed E-state index contributed by atoms with van der Waals surface area (Å²) < 4.78 is 0. The van der Waals surface area contributed by atoms with E-state index in [0.717, 1.165) is 0 Å². The highest BCUT2D eigenvalue weighted by molar-refractivity contribution is 5.67. The first-order chi connectivity index (χ1) is 6.61. The van der Waals surface area contributed by atoms with Crippen molar-refractivity contribution in [2.45, 2.75) is 18.6 Å². The highest BCUT2D eigenvalue weighted by atomic mass is 16.4. The molecule has 1 rings (SSSR count). The number of carboxylic acid groups (broad SMARTS) is 1. The molecule has 6 nitrogen and oxygen atoms in total. The molecule has 76 valence electrons. The minimum atomic E-state index is -1.39. The smallest absolute Gasteiger partial charge is 0.306 e. The molecule has 0 aromatic carbocycles. The van der Waals surface area contributed by atoms with Crippen LogP contribution in [0.3, 0.4) is 0 Å². The largest absolute Gasteiger partial charge is 0.481 e. The van der Waals surface area contributed by atoms with Gasteiger partial charge in [-0.1, -0.05) is 0 Å². The molecule has 1 aromatic rings. The van der Waals surface area contributed by atoms with Crippen LogP contribution in [0.25, 0.3) is 0 Å². The number of carbonyl (C=O) groups is 1. The predicted molar refractivity (Wildman–Crippen MR) is 45.3 cm³/mol. The molecule has 0 aliphatic carbocycles. The third-order valence-electron chi connectivity index (χ3n) is 1.60. The van der Waals surface area contributed by atoms with Crippen LogP contribution in [-0.4, -0.2) is 37.4 Å². The first-order valence-corrected chi connectivity index (χ1v) is 3.96. The summed E-state index contributed by atoms with van der Waals surface area (Å²) in [6, 6.07) is 1.56.